The van der Waals surface area contributed by atoms with Crippen molar-refractivity contribution in [3.05, 3.63) is 253 Å². The Morgan fingerprint density at radius 1 is 0.424 bits per heavy atom. The van der Waals surface area contributed by atoms with Gasteiger partial charge in [-0.2, -0.15) is 0 Å². The summed E-state index contributed by atoms with van der Waals surface area (Å²) in [6.45, 7) is 13.7. The Morgan fingerprint density at radius 3 is 1.01 bits per heavy atom. The molecule has 14 rings (SSSR count). The number of aromatic nitrogens is 7. The number of fused-ring (bicyclic) bond motifs is 7. The summed E-state index contributed by atoms with van der Waals surface area (Å²) in [5.74, 6) is -1.97. The first-order chi connectivity index (χ1) is 66.0. The van der Waals surface area contributed by atoms with E-state index in [1.54, 1.807) is 151 Å². The Morgan fingerprint density at radius 2 is 0.715 bits per heavy atom. The average molecular weight is 2060 g/mol. The van der Waals surface area contributed by atoms with Crippen LogP contribution in [0, 0.1) is 36.5 Å². The predicted molar refractivity (Wildman–Crippen MR) is 562 cm³/mol. The molecule has 0 aliphatic heterocycles. The molecule has 0 aliphatic rings. The van der Waals surface area contributed by atoms with E-state index >= 15 is 0 Å². The number of rotatable bonds is 27. The Kier molecular flexibility index (Phi) is 72.3. The molecule has 0 aliphatic carbocycles. The van der Waals surface area contributed by atoms with Crippen LogP contribution in [-0.4, -0.2) is 218 Å². The molecule has 0 fully saturated rings. The Labute approximate surface area is 879 Å². The van der Waals surface area contributed by atoms with Gasteiger partial charge in [0, 0.05) is 100.0 Å². The average Bonchev–Trinajstić information content (AvgIpc) is 0.773. The molecule has 0 amide bonds. The van der Waals surface area contributed by atoms with Crippen molar-refractivity contribution in [3.63, 3.8) is 0 Å². The van der Waals surface area contributed by atoms with Gasteiger partial charge in [0.05, 0.1) is 39.5 Å². The molecule has 7 aromatic heterocycles. The number of carbonyl (C=O) groups excluding carboxylic acids is 5. The summed E-state index contributed by atoms with van der Waals surface area (Å²) in [7, 11) is 3.84. The van der Waals surface area contributed by atoms with Crippen molar-refractivity contribution in [2.45, 2.75) is 128 Å². The minimum atomic E-state index is -1.52. The van der Waals surface area contributed by atoms with Crippen LogP contribution in [0.4, 0.5) is 0 Å². The summed E-state index contributed by atoms with van der Waals surface area (Å²) in [6.07, 6.45) is 25.2. The van der Waals surface area contributed by atoms with Crippen LogP contribution in [0.25, 0.3) is 76.3 Å². The van der Waals surface area contributed by atoms with Gasteiger partial charge in [0.15, 0.2) is 11.8 Å². The van der Waals surface area contributed by atoms with Crippen molar-refractivity contribution in [3.8, 4) is 64.9 Å². The number of benzene rings is 7. The first-order valence-corrected chi connectivity index (χ1v) is 43.5. The number of para-hydroxylation sites is 1. The molecule has 0 saturated heterocycles. The molecule has 37 heteroatoms. The number of carbonyl (C=O) groups is 8. The number of alkyl halides is 1. The number of hydrogen-bond acceptors (Lipinski definition) is 30. The van der Waals surface area contributed by atoms with Crippen molar-refractivity contribution in [2.75, 3.05) is 73.4 Å². The van der Waals surface area contributed by atoms with Crippen molar-refractivity contribution in [1.82, 2.24) is 45.1 Å². The number of ether oxygens (including phenoxy) is 4. The quantitative estimate of drug-likeness (QED) is 0.00568. The maximum absolute atomic E-state index is 12.1. The number of pyridine rings is 7. The van der Waals surface area contributed by atoms with Crippen molar-refractivity contribution < 1.29 is 148 Å². The summed E-state index contributed by atoms with van der Waals surface area (Å²) in [6, 6.07) is 51.0. The third-order valence-electron chi connectivity index (χ3n) is 19.1. The van der Waals surface area contributed by atoms with Crippen LogP contribution in [0.2, 0.25) is 0 Å². The number of terminal acetylenes is 2. The first kappa shape index (κ1) is 136. The number of aromatic hydroxyl groups is 7. The van der Waals surface area contributed by atoms with Gasteiger partial charge in [0.1, 0.15) is 92.1 Å². The van der Waals surface area contributed by atoms with Gasteiger partial charge >= 0.3 is 71.3 Å². The maximum Gasteiger partial charge on any atom is 1.00 e. The molecule has 0 unspecified atom stereocenters. The van der Waals surface area contributed by atoms with Crippen LogP contribution in [0.5, 0.6) is 40.2 Å². The molecule has 770 valence electrons. The van der Waals surface area contributed by atoms with Gasteiger partial charge in [-0.3, -0.25) is 73.3 Å². The molecule has 33 nitrogen and oxygen atoms in total. The Hall–Kier alpha value is -14.2. The number of aliphatic carboxylic acids is 3. The SMILES string of the molecule is C.C.C.C.C#CCN(C)CCCc1ccc(O)c2ncccc12.C#CCNC.C=O.CCOC(=O)C(Cc1ccc(O)c2ncccc12)C(=O)OCC.CCOC(=O)CC(=O)OCC.CC[O-].Cl.Cl.O=C(O)C(Cc1ccc(O)c2ncccc12)C(=O)O.O=C(O)CCc1ccc(O)c2ncccc12.OCCCc1ccc(O)c2ncccc12.Oc1ccc(CCl)c2cccnc12.Oc1cccc2cccnc12.[Na+]. The van der Waals surface area contributed by atoms with Crippen LogP contribution >= 0.6 is 36.4 Å². The zero-order valence-corrected chi connectivity index (χ0v) is 83.1. The van der Waals surface area contributed by atoms with Crippen LogP contribution in [-0.2, 0) is 95.3 Å². The Balaban J connectivity index is -0.000000768. The monoisotopic (exact) mass is 2050 g/mol. The molecular formula is C107H131Cl3N9NaO24. The number of aliphatic hydroxyl groups excluding tert-OH is 1. The summed E-state index contributed by atoms with van der Waals surface area (Å²) in [5, 5.41) is 120. The van der Waals surface area contributed by atoms with Gasteiger partial charge in [-0.1, -0.05) is 139 Å². The molecule has 0 atom stereocenters. The minimum Gasteiger partial charge on any atom is -0.855 e. The fourth-order valence-corrected chi connectivity index (χ4v) is 13.1. The van der Waals surface area contributed by atoms with Crippen molar-refractivity contribution >= 4 is 161 Å². The van der Waals surface area contributed by atoms with E-state index in [9.17, 15) is 69.3 Å². The standard InChI is InChI=1S/C17H19NO5.C16H18N2O.C13H11NO5.C12H11NO3.C12H13NO2.C10H8ClNO.C9H7NO.C7H12O4.C4H7N.C2H5O.CH2O.4CH4.2ClH.Na/c1-3-22-16(20)13(17(21)23-4-2)10-11-7-8-14(19)15-12(11)6-5-9-18-15;1-3-11-18(2)12-5-6-13-8-9-15(19)16-14(13)7-4-10-17-16;15-10-4-3-7(6-9(12(16)17)13(18)19)8-2-1-5-14-11(8)10;14-10-5-3-8(4-6-11(15)16)9-2-1-7-13-12(9)10;14-8-2-3-9-5-6-11(15)12-10(9)4-1-7-13-12;11-6-7-3-4-9(13)10-8(7)2-1-5-12-10;11-8-5-1-3-7-4-2-6-10-9(7)8;1-3-10-6(8)5-7(9)11-4-2;1-3-4-5-2;1-2-3;1-2;;;;;;;/h5-9,13,19H,3-4,10H2,1-2H3;1,4,7-10,19H,5-6,11-12H2,2H3;1-5,9,15H,6H2,(H,16,17)(H,18,19);1-3,5,7,14H,4,6H2,(H,15,16);1,4-7,14-15H,2-3,8H2;1-5,13H,6H2;1-6,11H;3-5H2,1-2H3;1,5H,4H2,2H3;2H2,1H3;1H2;4*1H4;2*1H;/q;;;;;;;;;-1;;;;;;;;+1. The molecule has 7 aromatic carbocycles. The van der Waals surface area contributed by atoms with E-state index in [0.717, 1.165) is 81.4 Å². The third kappa shape index (κ3) is 45.4. The fraction of sp³-hybridized carbons (Fsp3) is 0.299. The third-order valence-corrected chi connectivity index (χ3v) is 19.4. The minimum absolute atomic E-state index is 0. The topological polar surface area (TPSA) is 525 Å². The van der Waals surface area contributed by atoms with Gasteiger partial charge in [-0.05, 0) is 212 Å². The van der Waals surface area contributed by atoms with E-state index < -0.39 is 53.6 Å². The molecule has 14 aromatic rings. The number of phenols is 7. The molecule has 0 bridgehead atoms. The second-order valence-electron chi connectivity index (χ2n) is 28.6. The number of phenolic OH excluding ortho intramolecular Hbond substituents is 7. The predicted octanol–water partition coefficient (Wildman–Crippen LogP) is 14.3. The van der Waals surface area contributed by atoms with E-state index in [2.05, 4.69) is 66.4 Å². The number of nitrogens with one attached hydrogen (secondary N) is 1. The van der Waals surface area contributed by atoms with Gasteiger partial charge in [-0.15, -0.1) is 55.9 Å². The van der Waals surface area contributed by atoms with E-state index in [1.165, 1.54) is 30.0 Å². The van der Waals surface area contributed by atoms with Crippen molar-refractivity contribution in [2.24, 2.45) is 11.8 Å². The number of carboxylic acid groups (broad SMARTS) is 3. The number of esters is 4. The van der Waals surface area contributed by atoms with Crippen LogP contribution < -0.4 is 40.0 Å². The maximum atomic E-state index is 12.1. The summed E-state index contributed by atoms with van der Waals surface area (Å²) in [5.41, 5.74) is 9.32. The number of nitrogens with zero attached hydrogens (tertiary/aromatic N) is 8. The molecule has 0 saturated carbocycles. The molecular weight excluding hydrogens is 1920 g/mol. The van der Waals surface area contributed by atoms with Crippen LogP contribution in [0.15, 0.2) is 219 Å². The largest absolute Gasteiger partial charge is 1.00 e. The first-order valence-electron chi connectivity index (χ1n) is 43.0. The van der Waals surface area contributed by atoms with E-state index in [4.69, 9.17) is 64.2 Å². The molecule has 144 heavy (non-hydrogen) atoms. The van der Waals surface area contributed by atoms with E-state index in [1.807, 2.05) is 99.7 Å². The fourth-order valence-electron chi connectivity index (χ4n) is 12.9. The van der Waals surface area contributed by atoms with Gasteiger partial charge < -0.3 is 90.3 Å². The van der Waals surface area contributed by atoms with Gasteiger partial charge in [-0.25, -0.2) is 0 Å². The number of halogens is 3. The summed E-state index contributed by atoms with van der Waals surface area (Å²) >= 11 is 5.75. The Bertz CT molecular complexity index is 6270. The van der Waals surface area contributed by atoms with E-state index in [-0.39, 0.29) is 190 Å². The van der Waals surface area contributed by atoms with Crippen LogP contribution in [0.1, 0.15) is 123 Å². The normalized spacial score (nSPS) is 9.63. The number of hydrogen-bond donors (Lipinski definition) is 12. The zero-order chi connectivity index (χ0) is 101. The van der Waals surface area contributed by atoms with Crippen LogP contribution in [0.3, 0.4) is 0 Å². The molecule has 0 spiro atoms. The second kappa shape index (κ2) is 76.5. The summed E-state index contributed by atoms with van der Waals surface area (Å²) < 4.78 is 19.0. The van der Waals surface area contributed by atoms with Crippen molar-refractivity contribution in [1.29, 1.82) is 0 Å². The number of aryl methyl sites for hydroxylation is 3. The molecule has 7 heterocycles. The zero-order valence-electron chi connectivity index (χ0n) is 78.7. The molecule has 0 radical (unpaired) electrons. The van der Waals surface area contributed by atoms with Gasteiger partial charge in [0.2, 0.25) is 0 Å². The second-order valence-corrected chi connectivity index (χ2v) is 28.9. The summed E-state index contributed by atoms with van der Waals surface area (Å²) in [4.78, 5) is 116. The smallest absolute Gasteiger partial charge is 0.855 e. The number of carboxylic acids is 3. The number of aliphatic hydroxyl groups is 1. The van der Waals surface area contributed by atoms with Gasteiger partial charge in [0.25, 0.3) is 0 Å². The van der Waals surface area contributed by atoms with E-state index in [0.29, 0.717) is 80.3 Å². The molecule has 12 N–H and O–H groups in total.